The summed E-state index contributed by atoms with van der Waals surface area (Å²) < 4.78 is 5.45. The first-order chi connectivity index (χ1) is 11.8. The Kier molecular flexibility index (Phi) is 4.85. The summed E-state index contributed by atoms with van der Waals surface area (Å²) in [7, 11) is 0. The summed E-state index contributed by atoms with van der Waals surface area (Å²) in [5.74, 6) is 1.01. The van der Waals surface area contributed by atoms with Crippen molar-refractivity contribution >= 4 is 5.91 Å². The van der Waals surface area contributed by atoms with Crippen LogP contribution in [0.5, 0.6) is 0 Å². The van der Waals surface area contributed by atoms with Gasteiger partial charge in [-0.3, -0.25) is 9.89 Å². The predicted molar refractivity (Wildman–Crippen MR) is 90.5 cm³/mol. The van der Waals surface area contributed by atoms with Crippen molar-refractivity contribution in [1.82, 2.24) is 20.4 Å². The Labute approximate surface area is 143 Å². The van der Waals surface area contributed by atoms with Crippen LogP contribution >= 0.6 is 0 Å². The fourth-order valence-electron chi connectivity index (χ4n) is 3.96. The van der Waals surface area contributed by atoms with E-state index in [1.165, 1.54) is 12.8 Å². The highest BCUT2D eigenvalue weighted by atomic mass is 16.5. The van der Waals surface area contributed by atoms with Gasteiger partial charge in [0, 0.05) is 31.1 Å². The highest BCUT2D eigenvalue weighted by Gasteiger charge is 2.30. The lowest BCUT2D eigenvalue weighted by atomic mass is 9.93. The molecule has 0 unspecified atom stereocenters. The SMILES string of the molecule is O=C(NCc1cc(C2CC2)n[nH]1)C1CCN(C2CCOCC2)CC1. The molecular formula is C18H28N4O2. The normalized spacial score (nSPS) is 24.2. The Morgan fingerprint density at radius 1 is 1.21 bits per heavy atom. The lowest BCUT2D eigenvalue weighted by molar-refractivity contribution is -0.127. The average molecular weight is 332 g/mol. The van der Waals surface area contributed by atoms with Crippen LogP contribution in [0.1, 0.15) is 55.8 Å². The summed E-state index contributed by atoms with van der Waals surface area (Å²) in [5, 5.41) is 10.5. The number of carbonyl (C=O) groups excluding carboxylic acids is 1. The van der Waals surface area contributed by atoms with Gasteiger partial charge in [-0.05, 0) is 57.7 Å². The van der Waals surface area contributed by atoms with Crippen LogP contribution in [0.25, 0.3) is 0 Å². The molecule has 3 heterocycles. The fourth-order valence-corrected chi connectivity index (χ4v) is 3.96. The molecule has 132 valence electrons. The second-order valence-electron chi connectivity index (χ2n) is 7.46. The van der Waals surface area contributed by atoms with Gasteiger partial charge in [0.1, 0.15) is 0 Å². The molecule has 6 heteroatoms. The van der Waals surface area contributed by atoms with Crippen molar-refractivity contribution in [3.63, 3.8) is 0 Å². The average Bonchev–Trinajstić information content (AvgIpc) is 3.39. The van der Waals surface area contributed by atoms with E-state index in [0.29, 0.717) is 18.5 Å². The number of aromatic nitrogens is 2. The lowest BCUT2D eigenvalue weighted by Gasteiger charge is -2.38. The highest BCUT2D eigenvalue weighted by Crippen LogP contribution is 2.39. The van der Waals surface area contributed by atoms with Crippen molar-refractivity contribution in [2.45, 2.75) is 57.0 Å². The van der Waals surface area contributed by atoms with Crippen LogP contribution in [-0.4, -0.2) is 53.3 Å². The van der Waals surface area contributed by atoms with Gasteiger partial charge in [0.15, 0.2) is 0 Å². The molecule has 3 fully saturated rings. The number of hydrogen-bond donors (Lipinski definition) is 2. The molecule has 1 amide bonds. The number of carbonyl (C=O) groups is 1. The van der Waals surface area contributed by atoms with Gasteiger partial charge in [0.2, 0.25) is 5.91 Å². The van der Waals surface area contributed by atoms with Crippen molar-refractivity contribution in [1.29, 1.82) is 0 Å². The molecule has 0 aromatic carbocycles. The molecule has 0 radical (unpaired) electrons. The third-order valence-corrected chi connectivity index (χ3v) is 5.71. The molecule has 0 atom stereocenters. The maximum absolute atomic E-state index is 12.4. The highest BCUT2D eigenvalue weighted by molar-refractivity contribution is 5.78. The van der Waals surface area contributed by atoms with E-state index < -0.39 is 0 Å². The van der Waals surface area contributed by atoms with E-state index in [0.717, 1.165) is 63.4 Å². The van der Waals surface area contributed by atoms with Crippen LogP contribution in [0.2, 0.25) is 0 Å². The number of nitrogens with one attached hydrogen (secondary N) is 2. The molecule has 6 nitrogen and oxygen atoms in total. The maximum Gasteiger partial charge on any atom is 0.223 e. The van der Waals surface area contributed by atoms with Gasteiger partial charge >= 0.3 is 0 Å². The van der Waals surface area contributed by atoms with Crippen LogP contribution < -0.4 is 5.32 Å². The number of piperidine rings is 1. The molecule has 2 N–H and O–H groups in total. The van der Waals surface area contributed by atoms with E-state index in [2.05, 4.69) is 26.5 Å². The summed E-state index contributed by atoms with van der Waals surface area (Å²) in [6.07, 6.45) is 6.73. The number of hydrogen-bond acceptors (Lipinski definition) is 4. The second-order valence-corrected chi connectivity index (χ2v) is 7.46. The van der Waals surface area contributed by atoms with Crippen LogP contribution in [-0.2, 0) is 16.1 Å². The van der Waals surface area contributed by atoms with Crippen LogP contribution in [0, 0.1) is 5.92 Å². The topological polar surface area (TPSA) is 70.2 Å². The zero-order chi connectivity index (χ0) is 16.4. The van der Waals surface area contributed by atoms with E-state index in [1.54, 1.807) is 0 Å². The van der Waals surface area contributed by atoms with E-state index >= 15 is 0 Å². The first-order valence-electron chi connectivity index (χ1n) is 9.43. The predicted octanol–water partition coefficient (Wildman–Crippen LogP) is 1.79. The largest absolute Gasteiger partial charge is 0.381 e. The van der Waals surface area contributed by atoms with Crippen molar-refractivity contribution in [2.75, 3.05) is 26.3 Å². The molecule has 3 aliphatic rings. The lowest BCUT2D eigenvalue weighted by Crippen LogP contribution is -2.46. The summed E-state index contributed by atoms with van der Waals surface area (Å²) in [5.41, 5.74) is 2.17. The van der Waals surface area contributed by atoms with Crippen LogP contribution in [0.3, 0.4) is 0 Å². The quantitative estimate of drug-likeness (QED) is 0.862. The molecular weight excluding hydrogens is 304 g/mol. The van der Waals surface area contributed by atoms with Crippen molar-refractivity contribution in [3.05, 3.63) is 17.5 Å². The number of H-pyrrole nitrogens is 1. The minimum Gasteiger partial charge on any atom is -0.381 e. The number of nitrogens with zero attached hydrogens (tertiary/aromatic N) is 2. The summed E-state index contributed by atoms with van der Waals surface area (Å²) >= 11 is 0. The van der Waals surface area contributed by atoms with Gasteiger partial charge in [-0.2, -0.15) is 5.10 Å². The number of aromatic amines is 1. The first-order valence-corrected chi connectivity index (χ1v) is 9.43. The summed E-state index contributed by atoms with van der Waals surface area (Å²) in [4.78, 5) is 15.0. The van der Waals surface area contributed by atoms with Gasteiger partial charge in [0.25, 0.3) is 0 Å². The Balaban J connectivity index is 1.20. The Hall–Kier alpha value is -1.40. The first kappa shape index (κ1) is 16.1. The number of likely N-dealkylation sites (tertiary alicyclic amines) is 1. The molecule has 1 saturated carbocycles. The van der Waals surface area contributed by atoms with E-state index in [1.807, 2.05) is 0 Å². The molecule has 2 saturated heterocycles. The Morgan fingerprint density at radius 3 is 2.67 bits per heavy atom. The van der Waals surface area contributed by atoms with Crippen LogP contribution in [0.15, 0.2) is 6.07 Å². The fraction of sp³-hybridized carbons (Fsp3) is 0.778. The van der Waals surface area contributed by atoms with E-state index in [9.17, 15) is 4.79 Å². The molecule has 2 aliphatic heterocycles. The van der Waals surface area contributed by atoms with E-state index in [-0.39, 0.29) is 11.8 Å². The monoisotopic (exact) mass is 332 g/mol. The third kappa shape index (κ3) is 3.81. The molecule has 4 rings (SSSR count). The van der Waals surface area contributed by atoms with Gasteiger partial charge in [0.05, 0.1) is 17.9 Å². The molecule has 0 spiro atoms. The number of rotatable bonds is 5. The third-order valence-electron chi connectivity index (χ3n) is 5.71. The van der Waals surface area contributed by atoms with Gasteiger partial charge in [-0.15, -0.1) is 0 Å². The summed E-state index contributed by atoms with van der Waals surface area (Å²) in [6, 6.07) is 2.76. The second kappa shape index (κ2) is 7.23. The van der Waals surface area contributed by atoms with E-state index in [4.69, 9.17) is 4.74 Å². The maximum atomic E-state index is 12.4. The molecule has 1 aliphatic carbocycles. The Morgan fingerprint density at radius 2 is 1.96 bits per heavy atom. The standard InChI is InChI=1S/C18H28N4O2/c23-18(19-12-15-11-17(21-20-15)13-1-2-13)14-3-7-22(8-4-14)16-5-9-24-10-6-16/h11,13-14,16H,1-10,12H2,(H,19,23)(H,20,21). The zero-order valence-corrected chi connectivity index (χ0v) is 14.3. The van der Waals surface area contributed by atoms with Gasteiger partial charge < -0.3 is 15.0 Å². The number of amides is 1. The molecule has 1 aromatic rings. The van der Waals surface area contributed by atoms with Crippen molar-refractivity contribution < 1.29 is 9.53 Å². The van der Waals surface area contributed by atoms with Crippen LogP contribution in [0.4, 0.5) is 0 Å². The smallest absolute Gasteiger partial charge is 0.223 e. The summed E-state index contributed by atoms with van der Waals surface area (Å²) in [6.45, 7) is 4.42. The minimum atomic E-state index is 0.159. The van der Waals surface area contributed by atoms with Crippen molar-refractivity contribution in [3.8, 4) is 0 Å². The minimum absolute atomic E-state index is 0.159. The molecule has 1 aromatic heterocycles. The molecule has 24 heavy (non-hydrogen) atoms. The van der Waals surface area contributed by atoms with Crippen molar-refractivity contribution in [2.24, 2.45) is 5.92 Å². The molecule has 0 bridgehead atoms. The Bertz CT molecular complexity index is 555. The van der Waals surface area contributed by atoms with Gasteiger partial charge in [-0.1, -0.05) is 0 Å². The van der Waals surface area contributed by atoms with Gasteiger partial charge in [-0.25, -0.2) is 0 Å². The zero-order valence-electron chi connectivity index (χ0n) is 14.3. The number of ether oxygens (including phenoxy) is 1.